The number of amides is 1. The van der Waals surface area contributed by atoms with Gasteiger partial charge in [0.1, 0.15) is 0 Å². The first-order valence-electron chi connectivity index (χ1n) is 6.69. The first kappa shape index (κ1) is 16.2. The van der Waals surface area contributed by atoms with Gasteiger partial charge in [-0.2, -0.15) is 4.52 Å². The Hall–Kier alpha value is -1.19. The molecule has 2 aromatic rings. The van der Waals surface area contributed by atoms with Gasteiger partial charge in [-0.1, -0.05) is 36.9 Å². The molecule has 2 aromatic heterocycles. The second-order valence-electron chi connectivity index (χ2n) is 5.43. The van der Waals surface area contributed by atoms with E-state index in [9.17, 15) is 4.79 Å². The number of carbonyl (C=O) groups is 1. The van der Waals surface area contributed by atoms with E-state index in [4.69, 9.17) is 5.73 Å². The number of thioether (sulfide) groups is 1. The molecule has 0 bridgehead atoms. The number of carbonyl (C=O) groups excluding carboxylic acids is 1. The highest BCUT2D eigenvalue weighted by molar-refractivity contribution is 8.01. The van der Waals surface area contributed by atoms with Gasteiger partial charge in [-0.05, 0) is 12.3 Å². The second-order valence-corrected chi connectivity index (χ2v) is 7.61. The molecule has 0 aliphatic rings. The minimum atomic E-state index is -0.177. The molecule has 21 heavy (non-hydrogen) atoms. The molecule has 2 heterocycles. The highest BCUT2D eigenvalue weighted by Crippen LogP contribution is 2.26. The molecule has 0 unspecified atom stereocenters. The molecule has 1 atom stereocenters. The third-order valence-electron chi connectivity index (χ3n) is 2.87. The molecule has 0 radical (unpaired) electrons. The zero-order chi connectivity index (χ0) is 15.6. The zero-order valence-corrected chi connectivity index (χ0v) is 14.2. The van der Waals surface area contributed by atoms with Crippen LogP contribution in [0.5, 0.6) is 0 Å². The van der Waals surface area contributed by atoms with Gasteiger partial charge in [-0.15, -0.1) is 15.3 Å². The molecule has 0 aromatic carbocycles. The minimum absolute atomic E-state index is 0.0581. The lowest BCUT2D eigenvalue weighted by atomic mass is 10.0. The van der Waals surface area contributed by atoms with Crippen molar-refractivity contribution in [3.05, 3.63) is 5.82 Å². The smallest absolute Gasteiger partial charge is 0.235 e. The van der Waals surface area contributed by atoms with E-state index in [2.05, 4.69) is 29.1 Å². The van der Waals surface area contributed by atoms with Crippen molar-refractivity contribution in [2.45, 2.75) is 30.6 Å². The van der Waals surface area contributed by atoms with Crippen molar-refractivity contribution in [2.24, 2.45) is 11.7 Å². The van der Waals surface area contributed by atoms with Crippen LogP contribution in [0.3, 0.4) is 0 Å². The monoisotopic (exact) mass is 328 g/mol. The van der Waals surface area contributed by atoms with Crippen molar-refractivity contribution in [1.82, 2.24) is 24.7 Å². The summed E-state index contributed by atoms with van der Waals surface area (Å²) in [7, 11) is 3.48. The summed E-state index contributed by atoms with van der Waals surface area (Å²) in [6.07, 6.45) is 0.833. The second kappa shape index (κ2) is 6.71. The molecule has 116 valence electrons. The number of rotatable bonds is 6. The number of hydrogen-bond donors (Lipinski definition) is 1. The Morgan fingerprint density at radius 1 is 1.43 bits per heavy atom. The molecule has 7 nitrogen and oxygen atoms in total. The summed E-state index contributed by atoms with van der Waals surface area (Å²) in [4.78, 5) is 13.9. The SMILES string of the molecule is CC(C)C[C@H](N)c1nnc2sc(SCC(=O)N(C)C)nn12. The van der Waals surface area contributed by atoms with Crippen LogP contribution in [0.25, 0.3) is 4.96 Å². The Labute approximate surface area is 131 Å². The van der Waals surface area contributed by atoms with Crippen LogP contribution in [0.1, 0.15) is 32.1 Å². The summed E-state index contributed by atoms with van der Waals surface area (Å²) >= 11 is 2.83. The van der Waals surface area contributed by atoms with E-state index in [-0.39, 0.29) is 11.9 Å². The minimum Gasteiger partial charge on any atom is -0.348 e. The highest BCUT2D eigenvalue weighted by atomic mass is 32.2. The summed E-state index contributed by atoms with van der Waals surface area (Å²) in [6, 6.07) is -0.177. The van der Waals surface area contributed by atoms with Crippen LogP contribution >= 0.6 is 23.1 Å². The third-order valence-corrected chi connectivity index (χ3v) is 4.89. The fourth-order valence-corrected chi connectivity index (χ4v) is 3.63. The molecule has 0 aliphatic carbocycles. The number of aromatic nitrogens is 4. The Bertz CT molecular complexity index is 620. The number of nitrogens with two attached hydrogens (primary N) is 1. The van der Waals surface area contributed by atoms with Crippen LogP contribution in [0.2, 0.25) is 0 Å². The normalized spacial score (nSPS) is 13.0. The number of fused-ring (bicyclic) bond motifs is 1. The van der Waals surface area contributed by atoms with Gasteiger partial charge in [-0.25, -0.2) is 0 Å². The summed E-state index contributed by atoms with van der Waals surface area (Å²) in [5, 5.41) is 12.7. The molecule has 0 spiro atoms. The lowest BCUT2D eigenvalue weighted by molar-refractivity contribution is -0.125. The van der Waals surface area contributed by atoms with Gasteiger partial charge in [0.2, 0.25) is 10.9 Å². The number of hydrogen-bond acceptors (Lipinski definition) is 7. The molecular formula is C12H20N6OS2. The van der Waals surface area contributed by atoms with Gasteiger partial charge < -0.3 is 10.6 Å². The first-order chi connectivity index (χ1) is 9.88. The van der Waals surface area contributed by atoms with Crippen LogP contribution < -0.4 is 5.73 Å². The highest BCUT2D eigenvalue weighted by Gasteiger charge is 2.19. The van der Waals surface area contributed by atoms with Crippen LogP contribution in [-0.2, 0) is 4.79 Å². The predicted molar refractivity (Wildman–Crippen MR) is 84.5 cm³/mol. The quantitative estimate of drug-likeness (QED) is 0.807. The van der Waals surface area contributed by atoms with Crippen LogP contribution in [-0.4, -0.2) is 50.5 Å². The van der Waals surface area contributed by atoms with Crippen molar-refractivity contribution in [2.75, 3.05) is 19.8 Å². The number of nitrogens with zero attached hydrogens (tertiary/aromatic N) is 5. The molecular weight excluding hydrogens is 308 g/mol. The van der Waals surface area contributed by atoms with Crippen LogP contribution in [0.15, 0.2) is 4.34 Å². The lowest BCUT2D eigenvalue weighted by Crippen LogP contribution is -2.23. The van der Waals surface area contributed by atoms with Crippen molar-refractivity contribution >= 4 is 34.0 Å². The molecule has 1 amide bonds. The van der Waals surface area contributed by atoms with E-state index >= 15 is 0 Å². The Balaban J connectivity index is 2.12. The molecule has 9 heteroatoms. The van der Waals surface area contributed by atoms with Gasteiger partial charge in [0.25, 0.3) is 0 Å². The molecule has 0 saturated carbocycles. The van der Waals surface area contributed by atoms with Crippen molar-refractivity contribution < 1.29 is 4.79 Å². The molecule has 0 aliphatic heterocycles. The summed E-state index contributed by atoms with van der Waals surface area (Å²) < 4.78 is 2.49. The Kier molecular flexibility index (Phi) is 5.17. The molecule has 2 rings (SSSR count). The van der Waals surface area contributed by atoms with Gasteiger partial charge in [0.05, 0.1) is 11.8 Å². The maximum absolute atomic E-state index is 11.6. The maximum Gasteiger partial charge on any atom is 0.235 e. The standard InChI is InChI=1S/C12H20N6OS2/c1-7(2)5-8(13)10-14-15-11-18(10)16-12(21-11)20-6-9(19)17(3)4/h7-8H,5-6,13H2,1-4H3/t8-/m0/s1. The third kappa shape index (κ3) is 3.92. The fraction of sp³-hybridized carbons (Fsp3) is 0.667. The van der Waals surface area contributed by atoms with E-state index in [1.54, 1.807) is 23.5 Å². The van der Waals surface area contributed by atoms with Gasteiger partial charge >= 0.3 is 0 Å². The molecule has 0 fully saturated rings. The van der Waals surface area contributed by atoms with Crippen molar-refractivity contribution in [1.29, 1.82) is 0 Å². The fourth-order valence-electron chi connectivity index (χ4n) is 1.77. The van der Waals surface area contributed by atoms with E-state index in [0.29, 0.717) is 22.5 Å². The van der Waals surface area contributed by atoms with Crippen LogP contribution in [0, 0.1) is 5.92 Å². The largest absolute Gasteiger partial charge is 0.348 e. The van der Waals surface area contributed by atoms with Gasteiger partial charge in [0, 0.05) is 14.1 Å². The van der Waals surface area contributed by atoms with Gasteiger partial charge in [0.15, 0.2) is 10.2 Å². The Morgan fingerprint density at radius 3 is 2.76 bits per heavy atom. The van der Waals surface area contributed by atoms with E-state index in [1.165, 1.54) is 23.1 Å². The van der Waals surface area contributed by atoms with E-state index < -0.39 is 0 Å². The topological polar surface area (TPSA) is 89.4 Å². The molecule has 2 N–H and O–H groups in total. The van der Waals surface area contributed by atoms with Gasteiger partial charge in [-0.3, -0.25) is 4.79 Å². The van der Waals surface area contributed by atoms with Crippen LogP contribution in [0.4, 0.5) is 0 Å². The maximum atomic E-state index is 11.6. The molecule has 0 saturated heterocycles. The van der Waals surface area contributed by atoms with Crippen molar-refractivity contribution in [3.8, 4) is 0 Å². The van der Waals surface area contributed by atoms with E-state index in [0.717, 1.165) is 10.8 Å². The summed E-state index contributed by atoms with van der Waals surface area (Å²) in [5.74, 6) is 1.59. The Morgan fingerprint density at radius 2 is 2.14 bits per heavy atom. The zero-order valence-electron chi connectivity index (χ0n) is 12.6. The summed E-state index contributed by atoms with van der Waals surface area (Å²) in [5.41, 5.74) is 6.15. The van der Waals surface area contributed by atoms with Crippen molar-refractivity contribution in [3.63, 3.8) is 0 Å². The summed E-state index contributed by atoms with van der Waals surface area (Å²) in [6.45, 7) is 4.24. The predicted octanol–water partition coefficient (Wildman–Crippen LogP) is 1.41. The van der Waals surface area contributed by atoms with E-state index in [1.807, 2.05) is 0 Å². The lowest BCUT2D eigenvalue weighted by Gasteiger charge is -2.10. The first-order valence-corrected chi connectivity index (χ1v) is 8.49. The average Bonchev–Trinajstić information content (AvgIpc) is 2.93. The average molecular weight is 328 g/mol.